The first-order valence-corrected chi connectivity index (χ1v) is 6.43. The van der Waals surface area contributed by atoms with Gasteiger partial charge in [-0.3, -0.25) is 10.1 Å². The van der Waals surface area contributed by atoms with Gasteiger partial charge in [0.05, 0.1) is 11.0 Å². The first kappa shape index (κ1) is 13.7. The van der Waals surface area contributed by atoms with E-state index in [1.165, 1.54) is 12.1 Å². The van der Waals surface area contributed by atoms with E-state index in [0.29, 0.717) is 18.2 Å². The van der Waals surface area contributed by atoms with Crippen molar-refractivity contribution in [2.24, 2.45) is 11.7 Å². The molecule has 1 aliphatic heterocycles. The van der Waals surface area contributed by atoms with Gasteiger partial charge < -0.3 is 10.6 Å². The largest absolute Gasteiger partial charge is 0.362 e. The summed E-state index contributed by atoms with van der Waals surface area (Å²) >= 11 is 0. The van der Waals surface area contributed by atoms with E-state index >= 15 is 0 Å². The lowest BCUT2D eigenvalue weighted by Crippen LogP contribution is -2.46. The van der Waals surface area contributed by atoms with Crippen LogP contribution in [0.25, 0.3) is 0 Å². The van der Waals surface area contributed by atoms with Gasteiger partial charge in [0.25, 0.3) is 5.69 Å². The molecule has 1 aromatic carbocycles. The van der Waals surface area contributed by atoms with E-state index in [1.54, 1.807) is 0 Å². The molecule has 1 aliphatic rings. The highest BCUT2D eigenvalue weighted by Gasteiger charge is 2.30. The SMILES string of the molecule is CC1CCN(c2ccc(F)cc2[N+](=O)[O-])C(CN)C1. The minimum absolute atomic E-state index is 0.0768. The molecule has 104 valence electrons. The molecule has 2 rings (SSSR count). The van der Waals surface area contributed by atoms with Gasteiger partial charge in [0, 0.05) is 19.1 Å². The van der Waals surface area contributed by atoms with E-state index in [2.05, 4.69) is 6.92 Å². The molecule has 0 amide bonds. The Bertz CT molecular complexity index is 481. The van der Waals surface area contributed by atoms with Crippen LogP contribution in [0.5, 0.6) is 0 Å². The second-order valence-corrected chi connectivity index (χ2v) is 5.10. The smallest absolute Gasteiger partial charge is 0.295 e. The molecule has 2 atom stereocenters. The summed E-state index contributed by atoms with van der Waals surface area (Å²) in [7, 11) is 0. The zero-order valence-electron chi connectivity index (χ0n) is 10.9. The summed E-state index contributed by atoms with van der Waals surface area (Å²) in [6.07, 6.45) is 1.87. The molecular weight excluding hydrogens is 249 g/mol. The third kappa shape index (κ3) is 2.84. The highest BCUT2D eigenvalue weighted by Crippen LogP contribution is 2.34. The lowest BCUT2D eigenvalue weighted by Gasteiger charge is -2.39. The van der Waals surface area contributed by atoms with Crippen LogP contribution in [0, 0.1) is 21.8 Å². The summed E-state index contributed by atoms with van der Waals surface area (Å²) in [6, 6.07) is 3.79. The summed E-state index contributed by atoms with van der Waals surface area (Å²) in [5.74, 6) is -0.0329. The zero-order chi connectivity index (χ0) is 14.0. The molecule has 19 heavy (non-hydrogen) atoms. The highest BCUT2D eigenvalue weighted by molar-refractivity contribution is 5.64. The van der Waals surface area contributed by atoms with Crippen molar-refractivity contribution in [2.45, 2.75) is 25.8 Å². The zero-order valence-corrected chi connectivity index (χ0v) is 10.9. The van der Waals surface area contributed by atoms with Gasteiger partial charge in [-0.25, -0.2) is 4.39 Å². The Labute approximate surface area is 111 Å². The molecule has 1 saturated heterocycles. The maximum Gasteiger partial charge on any atom is 0.295 e. The van der Waals surface area contributed by atoms with Gasteiger partial charge in [-0.1, -0.05) is 6.92 Å². The monoisotopic (exact) mass is 267 g/mol. The summed E-state index contributed by atoms with van der Waals surface area (Å²) in [4.78, 5) is 12.5. The van der Waals surface area contributed by atoms with Gasteiger partial charge in [0.1, 0.15) is 11.5 Å². The number of nitrogens with zero attached hydrogens (tertiary/aromatic N) is 2. The molecular formula is C13H18FN3O2. The number of halogens is 1. The van der Waals surface area contributed by atoms with Crippen LogP contribution in [0.2, 0.25) is 0 Å². The van der Waals surface area contributed by atoms with Crippen LogP contribution in [0.3, 0.4) is 0 Å². The lowest BCUT2D eigenvalue weighted by atomic mass is 9.92. The Morgan fingerprint density at radius 2 is 2.32 bits per heavy atom. The van der Waals surface area contributed by atoms with Gasteiger partial charge in [0.2, 0.25) is 0 Å². The molecule has 6 heteroatoms. The molecule has 0 aliphatic carbocycles. The summed E-state index contributed by atoms with van der Waals surface area (Å²) in [6.45, 7) is 3.31. The van der Waals surface area contributed by atoms with E-state index in [1.807, 2.05) is 4.90 Å². The fraction of sp³-hybridized carbons (Fsp3) is 0.538. The van der Waals surface area contributed by atoms with Crippen molar-refractivity contribution in [2.75, 3.05) is 18.0 Å². The second-order valence-electron chi connectivity index (χ2n) is 5.10. The highest BCUT2D eigenvalue weighted by atomic mass is 19.1. The van der Waals surface area contributed by atoms with Gasteiger partial charge in [0.15, 0.2) is 0 Å². The normalized spacial score (nSPS) is 23.4. The van der Waals surface area contributed by atoms with E-state index in [0.717, 1.165) is 25.5 Å². The van der Waals surface area contributed by atoms with Crippen LogP contribution in [-0.4, -0.2) is 24.1 Å². The second kappa shape index (κ2) is 5.52. The number of hydrogen-bond donors (Lipinski definition) is 1. The molecule has 0 spiro atoms. The van der Waals surface area contributed by atoms with Gasteiger partial charge >= 0.3 is 0 Å². The standard InChI is InChI=1S/C13H18FN3O2/c1-9-4-5-16(11(6-9)8-15)12-3-2-10(14)7-13(12)17(18)19/h2-3,7,9,11H,4-6,8,15H2,1H3. The molecule has 2 N–H and O–H groups in total. The van der Waals surface area contributed by atoms with Gasteiger partial charge in [-0.15, -0.1) is 0 Å². The fourth-order valence-electron chi connectivity index (χ4n) is 2.68. The first-order valence-electron chi connectivity index (χ1n) is 6.43. The van der Waals surface area contributed by atoms with Crippen LogP contribution < -0.4 is 10.6 Å². The van der Waals surface area contributed by atoms with Crippen LogP contribution in [0.1, 0.15) is 19.8 Å². The Balaban J connectivity index is 2.37. The van der Waals surface area contributed by atoms with Crippen molar-refractivity contribution in [1.29, 1.82) is 0 Å². The Hall–Kier alpha value is -1.69. The molecule has 0 aromatic heterocycles. The predicted octanol–water partition coefficient (Wildman–Crippen LogP) is 2.30. The van der Waals surface area contributed by atoms with Gasteiger partial charge in [-0.2, -0.15) is 0 Å². The topological polar surface area (TPSA) is 72.4 Å². The molecule has 0 bridgehead atoms. The van der Waals surface area contributed by atoms with E-state index in [-0.39, 0.29) is 11.7 Å². The summed E-state index contributed by atoms with van der Waals surface area (Å²) in [5, 5.41) is 11.1. The minimum Gasteiger partial charge on any atom is -0.362 e. The lowest BCUT2D eigenvalue weighted by molar-refractivity contribution is -0.384. The van der Waals surface area contributed by atoms with Crippen LogP contribution in [0.4, 0.5) is 15.8 Å². The van der Waals surface area contributed by atoms with Crippen LogP contribution in [-0.2, 0) is 0 Å². The Morgan fingerprint density at radius 3 is 2.95 bits per heavy atom. The van der Waals surface area contributed by atoms with Gasteiger partial charge in [-0.05, 0) is 30.9 Å². The molecule has 0 radical (unpaired) electrons. The fourth-order valence-corrected chi connectivity index (χ4v) is 2.68. The Morgan fingerprint density at radius 1 is 1.58 bits per heavy atom. The maximum absolute atomic E-state index is 13.2. The molecule has 1 aromatic rings. The first-order chi connectivity index (χ1) is 9.02. The molecule has 1 fully saturated rings. The Kier molecular flexibility index (Phi) is 3.99. The molecule has 2 unspecified atom stereocenters. The van der Waals surface area contributed by atoms with Crippen molar-refractivity contribution in [3.8, 4) is 0 Å². The number of hydrogen-bond acceptors (Lipinski definition) is 4. The van der Waals surface area contributed by atoms with Crippen LogP contribution in [0.15, 0.2) is 18.2 Å². The number of nitrogens with two attached hydrogens (primary N) is 1. The van der Waals surface area contributed by atoms with Crippen molar-refractivity contribution in [1.82, 2.24) is 0 Å². The van der Waals surface area contributed by atoms with Crippen molar-refractivity contribution in [3.05, 3.63) is 34.1 Å². The number of anilines is 1. The number of piperidine rings is 1. The minimum atomic E-state index is -0.592. The van der Waals surface area contributed by atoms with E-state index < -0.39 is 10.7 Å². The predicted molar refractivity (Wildman–Crippen MR) is 71.6 cm³/mol. The molecule has 0 saturated carbocycles. The molecule has 1 heterocycles. The maximum atomic E-state index is 13.2. The quantitative estimate of drug-likeness (QED) is 0.673. The third-order valence-corrected chi connectivity index (χ3v) is 3.69. The third-order valence-electron chi connectivity index (χ3n) is 3.69. The van der Waals surface area contributed by atoms with Crippen molar-refractivity contribution >= 4 is 11.4 Å². The van der Waals surface area contributed by atoms with Crippen molar-refractivity contribution in [3.63, 3.8) is 0 Å². The average Bonchev–Trinajstić information content (AvgIpc) is 2.38. The summed E-state index contributed by atoms with van der Waals surface area (Å²) in [5.41, 5.74) is 6.04. The molecule has 5 nitrogen and oxygen atoms in total. The summed E-state index contributed by atoms with van der Waals surface area (Å²) < 4.78 is 13.2. The number of rotatable bonds is 3. The van der Waals surface area contributed by atoms with Crippen molar-refractivity contribution < 1.29 is 9.31 Å². The van der Waals surface area contributed by atoms with E-state index in [9.17, 15) is 14.5 Å². The average molecular weight is 267 g/mol. The number of nitro benzene ring substituents is 1. The number of nitro groups is 1. The van der Waals surface area contributed by atoms with E-state index in [4.69, 9.17) is 5.73 Å². The number of benzene rings is 1. The van der Waals surface area contributed by atoms with Crippen LogP contribution >= 0.6 is 0 Å².